The predicted octanol–water partition coefficient (Wildman–Crippen LogP) is 2.18. The van der Waals surface area contributed by atoms with Gasteiger partial charge in [0.15, 0.2) is 5.75 Å². The second-order valence-corrected chi connectivity index (χ2v) is 2.85. The summed E-state index contributed by atoms with van der Waals surface area (Å²) >= 11 is 0. The van der Waals surface area contributed by atoms with Crippen LogP contribution in [-0.2, 0) is 0 Å². The highest BCUT2D eigenvalue weighted by Crippen LogP contribution is 2.11. The van der Waals surface area contributed by atoms with Crippen molar-refractivity contribution in [1.82, 2.24) is 0 Å². The highest BCUT2D eigenvalue weighted by molar-refractivity contribution is 5.63. The summed E-state index contributed by atoms with van der Waals surface area (Å²) in [7, 11) is 0. The molecule has 0 saturated heterocycles. The maximum absolute atomic E-state index is 11.2. The third kappa shape index (κ3) is 2.18. The standard InChI is InChI=1S/C11H12O2/c1-3-8(2)9-5-4-6-10(12)11(13)7-9/h3-7H,1-2H3,(H,12,13)/b8-3+. The minimum Gasteiger partial charge on any atom is -0.504 e. The normalized spacial score (nSPS) is 11.4. The maximum Gasteiger partial charge on any atom is 0.220 e. The van der Waals surface area contributed by atoms with E-state index in [0.717, 1.165) is 11.1 Å². The molecule has 0 aliphatic carbocycles. The molecule has 1 N–H and O–H groups in total. The van der Waals surface area contributed by atoms with Crippen LogP contribution in [0.4, 0.5) is 0 Å². The lowest BCUT2D eigenvalue weighted by Crippen LogP contribution is -1.94. The van der Waals surface area contributed by atoms with Crippen molar-refractivity contribution in [3.63, 3.8) is 0 Å². The number of hydrogen-bond acceptors (Lipinski definition) is 2. The summed E-state index contributed by atoms with van der Waals surface area (Å²) in [4.78, 5) is 11.2. The molecule has 0 aliphatic heterocycles. The molecule has 0 amide bonds. The van der Waals surface area contributed by atoms with Gasteiger partial charge in [0.2, 0.25) is 5.43 Å². The van der Waals surface area contributed by atoms with Crippen LogP contribution in [0.2, 0.25) is 0 Å². The molecule has 13 heavy (non-hydrogen) atoms. The van der Waals surface area contributed by atoms with E-state index < -0.39 is 0 Å². The molecule has 0 unspecified atom stereocenters. The van der Waals surface area contributed by atoms with Crippen molar-refractivity contribution in [1.29, 1.82) is 0 Å². The van der Waals surface area contributed by atoms with Gasteiger partial charge in [-0.15, -0.1) is 0 Å². The molecule has 1 aromatic rings. The summed E-state index contributed by atoms with van der Waals surface area (Å²) in [6.07, 6.45) is 1.92. The van der Waals surface area contributed by atoms with Gasteiger partial charge in [-0.3, -0.25) is 4.79 Å². The van der Waals surface area contributed by atoms with E-state index in [-0.39, 0.29) is 11.2 Å². The highest BCUT2D eigenvalue weighted by atomic mass is 16.3. The Morgan fingerprint density at radius 2 is 2.15 bits per heavy atom. The molecule has 0 heterocycles. The van der Waals surface area contributed by atoms with E-state index in [1.54, 1.807) is 12.1 Å². The van der Waals surface area contributed by atoms with Crippen LogP contribution in [0.25, 0.3) is 5.57 Å². The first-order valence-electron chi connectivity index (χ1n) is 4.12. The van der Waals surface area contributed by atoms with E-state index in [1.165, 1.54) is 12.1 Å². The van der Waals surface area contributed by atoms with Gasteiger partial charge in [0.1, 0.15) is 0 Å². The number of rotatable bonds is 1. The summed E-state index contributed by atoms with van der Waals surface area (Å²) in [6.45, 7) is 3.83. The Morgan fingerprint density at radius 3 is 2.77 bits per heavy atom. The van der Waals surface area contributed by atoms with Crippen molar-refractivity contribution in [3.8, 4) is 5.75 Å². The number of allylic oxidation sites excluding steroid dienone is 2. The van der Waals surface area contributed by atoms with E-state index >= 15 is 0 Å². The average Bonchev–Trinajstić information content (AvgIpc) is 2.28. The molecule has 0 aliphatic rings. The van der Waals surface area contributed by atoms with Crippen molar-refractivity contribution in [3.05, 3.63) is 46.1 Å². The second kappa shape index (κ2) is 3.90. The molecule has 0 atom stereocenters. The Hall–Kier alpha value is -1.57. The lowest BCUT2D eigenvalue weighted by Gasteiger charge is -1.93. The van der Waals surface area contributed by atoms with Crippen LogP contribution in [-0.4, -0.2) is 5.11 Å². The van der Waals surface area contributed by atoms with Gasteiger partial charge in [0, 0.05) is 0 Å². The largest absolute Gasteiger partial charge is 0.504 e. The number of aromatic hydroxyl groups is 1. The van der Waals surface area contributed by atoms with Gasteiger partial charge >= 0.3 is 0 Å². The maximum atomic E-state index is 11.2. The Morgan fingerprint density at radius 1 is 1.46 bits per heavy atom. The van der Waals surface area contributed by atoms with E-state index in [0.29, 0.717) is 0 Å². The zero-order chi connectivity index (χ0) is 9.84. The zero-order valence-electron chi connectivity index (χ0n) is 7.74. The number of hydrogen-bond donors (Lipinski definition) is 1. The molecular weight excluding hydrogens is 164 g/mol. The summed E-state index contributed by atoms with van der Waals surface area (Å²) in [6, 6.07) is 6.30. The Labute approximate surface area is 77.2 Å². The van der Waals surface area contributed by atoms with E-state index in [9.17, 15) is 4.79 Å². The van der Waals surface area contributed by atoms with Crippen LogP contribution in [0.5, 0.6) is 5.75 Å². The topological polar surface area (TPSA) is 37.3 Å². The second-order valence-electron chi connectivity index (χ2n) is 2.85. The Kier molecular flexibility index (Phi) is 2.85. The molecule has 0 bridgehead atoms. The van der Waals surface area contributed by atoms with Gasteiger partial charge in [-0.1, -0.05) is 18.2 Å². The van der Waals surface area contributed by atoms with Crippen molar-refractivity contribution < 1.29 is 5.11 Å². The fraction of sp³-hybridized carbons (Fsp3) is 0.182. The van der Waals surface area contributed by atoms with Crippen molar-refractivity contribution in [2.24, 2.45) is 0 Å². The molecule has 68 valence electrons. The minimum atomic E-state index is -0.346. The molecule has 2 heteroatoms. The molecule has 0 radical (unpaired) electrons. The first-order valence-corrected chi connectivity index (χ1v) is 4.12. The summed E-state index contributed by atoms with van der Waals surface area (Å²) in [5.41, 5.74) is 1.52. The van der Waals surface area contributed by atoms with Crippen LogP contribution < -0.4 is 5.43 Å². The lowest BCUT2D eigenvalue weighted by atomic mass is 10.1. The third-order valence-corrected chi connectivity index (χ3v) is 1.96. The predicted molar refractivity (Wildman–Crippen MR) is 53.7 cm³/mol. The monoisotopic (exact) mass is 176 g/mol. The Bertz CT molecular complexity index is 392. The third-order valence-electron chi connectivity index (χ3n) is 1.96. The first kappa shape index (κ1) is 9.52. The van der Waals surface area contributed by atoms with Gasteiger partial charge in [0.05, 0.1) is 0 Å². The first-order chi connectivity index (χ1) is 6.15. The van der Waals surface area contributed by atoms with Crippen LogP contribution >= 0.6 is 0 Å². The van der Waals surface area contributed by atoms with Crippen molar-refractivity contribution in [2.75, 3.05) is 0 Å². The lowest BCUT2D eigenvalue weighted by molar-refractivity contribution is 0.471. The molecule has 2 nitrogen and oxygen atoms in total. The zero-order valence-corrected chi connectivity index (χ0v) is 7.74. The fourth-order valence-electron chi connectivity index (χ4n) is 1.00. The van der Waals surface area contributed by atoms with E-state index in [2.05, 4.69) is 0 Å². The molecule has 0 saturated carbocycles. The molecule has 1 rings (SSSR count). The van der Waals surface area contributed by atoms with E-state index in [4.69, 9.17) is 5.11 Å². The summed E-state index contributed by atoms with van der Waals surface area (Å²) in [5.74, 6) is -0.213. The van der Waals surface area contributed by atoms with Gasteiger partial charge in [-0.05, 0) is 37.1 Å². The molecular formula is C11H12O2. The van der Waals surface area contributed by atoms with Gasteiger partial charge < -0.3 is 5.11 Å². The van der Waals surface area contributed by atoms with Crippen LogP contribution in [0.15, 0.2) is 35.1 Å². The summed E-state index contributed by atoms with van der Waals surface area (Å²) < 4.78 is 0. The quantitative estimate of drug-likeness (QED) is 0.712. The molecule has 0 fully saturated rings. The Balaban J connectivity index is 3.38. The highest BCUT2D eigenvalue weighted by Gasteiger charge is 1.96. The summed E-state index contributed by atoms with van der Waals surface area (Å²) in [5, 5.41) is 9.13. The van der Waals surface area contributed by atoms with Crippen LogP contribution in [0.3, 0.4) is 0 Å². The van der Waals surface area contributed by atoms with E-state index in [1.807, 2.05) is 19.9 Å². The fourth-order valence-corrected chi connectivity index (χ4v) is 1.00. The van der Waals surface area contributed by atoms with Crippen molar-refractivity contribution >= 4 is 5.57 Å². The van der Waals surface area contributed by atoms with Gasteiger partial charge in [-0.25, -0.2) is 0 Å². The molecule has 1 aromatic carbocycles. The molecule has 0 aromatic heterocycles. The SMILES string of the molecule is C/C=C(\C)c1cccc(O)c(=O)c1. The average molecular weight is 176 g/mol. The smallest absolute Gasteiger partial charge is 0.220 e. The minimum absolute atomic E-state index is 0.213. The van der Waals surface area contributed by atoms with Gasteiger partial charge in [0.25, 0.3) is 0 Å². The van der Waals surface area contributed by atoms with Crippen LogP contribution in [0, 0.1) is 0 Å². The van der Waals surface area contributed by atoms with Crippen molar-refractivity contribution in [2.45, 2.75) is 13.8 Å². The van der Waals surface area contributed by atoms with Gasteiger partial charge in [-0.2, -0.15) is 0 Å². The molecule has 0 spiro atoms. The van der Waals surface area contributed by atoms with Crippen LogP contribution in [0.1, 0.15) is 19.4 Å².